The van der Waals surface area contributed by atoms with Crippen molar-refractivity contribution in [2.45, 2.75) is 18.4 Å². The molecule has 1 aliphatic rings. The summed E-state index contributed by atoms with van der Waals surface area (Å²) in [6, 6.07) is 10.3. The molecule has 3 rings (SSSR count). The van der Waals surface area contributed by atoms with Crippen LogP contribution in [0.25, 0.3) is 0 Å². The van der Waals surface area contributed by atoms with Crippen molar-refractivity contribution < 1.29 is 5.11 Å². The molecule has 1 N–H and O–H groups in total. The van der Waals surface area contributed by atoms with Crippen molar-refractivity contribution in [2.24, 2.45) is 7.05 Å². The smallest absolute Gasteiger partial charge is 0.111 e. The van der Waals surface area contributed by atoms with Gasteiger partial charge in [0, 0.05) is 25.8 Å². The number of aliphatic hydroxyl groups is 1. The van der Waals surface area contributed by atoms with Gasteiger partial charge in [-0.05, 0) is 25.0 Å². The van der Waals surface area contributed by atoms with Crippen LogP contribution < -0.4 is 4.90 Å². The van der Waals surface area contributed by atoms with Crippen LogP contribution in [-0.2, 0) is 12.6 Å². The molecule has 1 aromatic heterocycles. The number of aryl methyl sites for hydroxylation is 1. The summed E-state index contributed by atoms with van der Waals surface area (Å²) in [5.41, 5.74) is 1.22. The third kappa shape index (κ3) is 2.21. The van der Waals surface area contributed by atoms with E-state index in [9.17, 15) is 5.11 Å². The van der Waals surface area contributed by atoms with E-state index in [1.54, 1.807) is 10.9 Å². The van der Waals surface area contributed by atoms with Gasteiger partial charge >= 0.3 is 0 Å². The number of aromatic nitrogens is 3. The number of piperidine rings is 1. The molecule has 0 radical (unpaired) electrons. The number of para-hydroxylation sites is 1. The van der Waals surface area contributed by atoms with Crippen LogP contribution in [0.3, 0.4) is 0 Å². The summed E-state index contributed by atoms with van der Waals surface area (Å²) >= 11 is 0. The quantitative estimate of drug-likeness (QED) is 0.882. The summed E-state index contributed by atoms with van der Waals surface area (Å²) in [5, 5.41) is 18.5. The Morgan fingerprint density at radius 1 is 1.16 bits per heavy atom. The number of nitrogens with zero attached hydrogens (tertiary/aromatic N) is 4. The largest absolute Gasteiger partial charge is 0.383 e. The lowest BCUT2D eigenvalue weighted by Crippen LogP contribution is -2.43. The lowest BCUT2D eigenvalue weighted by Gasteiger charge is -2.39. The van der Waals surface area contributed by atoms with Gasteiger partial charge in [0.2, 0.25) is 0 Å². The maximum atomic E-state index is 10.7. The average Bonchev–Trinajstić information content (AvgIpc) is 2.88. The fourth-order valence-electron chi connectivity index (χ4n) is 2.74. The van der Waals surface area contributed by atoms with Crippen LogP contribution in [0.1, 0.15) is 18.5 Å². The third-order valence-electron chi connectivity index (χ3n) is 3.90. The summed E-state index contributed by atoms with van der Waals surface area (Å²) in [5.74, 6) is 0. The summed E-state index contributed by atoms with van der Waals surface area (Å²) in [4.78, 5) is 2.30. The summed E-state index contributed by atoms with van der Waals surface area (Å²) in [6.45, 7) is 1.68. The Balaban J connectivity index is 1.75. The van der Waals surface area contributed by atoms with E-state index < -0.39 is 5.60 Å². The summed E-state index contributed by atoms with van der Waals surface area (Å²) < 4.78 is 1.66. The van der Waals surface area contributed by atoms with Gasteiger partial charge in [-0.15, -0.1) is 5.10 Å². The second kappa shape index (κ2) is 4.66. The first-order valence-electron chi connectivity index (χ1n) is 6.57. The van der Waals surface area contributed by atoms with Crippen LogP contribution in [0.15, 0.2) is 36.5 Å². The molecule has 0 bridgehead atoms. The molecule has 2 heterocycles. The average molecular weight is 258 g/mol. The minimum Gasteiger partial charge on any atom is -0.383 e. The van der Waals surface area contributed by atoms with Crippen molar-refractivity contribution in [2.75, 3.05) is 18.0 Å². The van der Waals surface area contributed by atoms with Gasteiger partial charge in [-0.25, -0.2) is 4.68 Å². The van der Waals surface area contributed by atoms with E-state index in [4.69, 9.17) is 0 Å². The first kappa shape index (κ1) is 12.2. The van der Waals surface area contributed by atoms with Crippen LogP contribution >= 0.6 is 0 Å². The fraction of sp³-hybridized carbons (Fsp3) is 0.429. The monoisotopic (exact) mass is 258 g/mol. The van der Waals surface area contributed by atoms with Crippen LogP contribution in [-0.4, -0.2) is 33.2 Å². The van der Waals surface area contributed by atoms with E-state index in [2.05, 4.69) is 27.3 Å². The molecule has 1 aliphatic heterocycles. The standard InChI is InChI=1S/C14H18N4O/c1-17-13(11-15-16-17)14(19)7-9-18(10-8-14)12-5-3-2-4-6-12/h2-6,11,19H,7-10H2,1H3. The highest BCUT2D eigenvalue weighted by atomic mass is 16.3. The number of anilines is 1. The van der Waals surface area contributed by atoms with Gasteiger partial charge < -0.3 is 10.0 Å². The molecule has 0 saturated carbocycles. The van der Waals surface area contributed by atoms with Crippen molar-refractivity contribution in [3.8, 4) is 0 Å². The number of hydrogen-bond donors (Lipinski definition) is 1. The minimum absolute atomic E-state index is 0.698. The van der Waals surface area contributed by atoms with Gasteiger partial charge in [0.15, 0.2) is 0 Å². The SMILES string of the molecule is Cn1nncc1C1(O)CCN(c2ccccc2)CC1. The minimum atomic E-state index is -0.802. The lowest BCUT2D eigenvalue weighted by atomic mass is 9.88. The molecule has 0 aliphatic carbocycles. The lowest BCUT2D eigenvalue weighted by molar-refractivity contribution is 0.00414. The molecule has 100 valence electrons. The normalized spacial score (nSPS) is 18.5. The first-order chi connectivity index (χ1) is 9.19. The van der Waals surface area contributed by atoms with E-state index in [1.165, 1.54) is 5.69 Å². The predicted molar refractivity (Wildman–Crippen MR) is 72.8 cm³/mol. The van der Waals surface area contributed by atoms with Crippen molar-refractivity contribution >= 4 is 5.69 Å². The molecule has 1 aromatic carbocycles. The third-order valence-corrected chi connectivity index (χ3v) is 3.90. The van der Waals surface area contributed by atoms with Crippen LogP contribution in [0.2, 0.25) is 0 Å². The number of benzene rings is 1. The number of rotatable bonds is 2. The van der Waals surface area contributed by atoms with E-state index in [1.807, 2.05) is 25.2 Å². The van der Waals surface area contributed by atoms with Gasteiger partial charge in [0.25, 0.3) is 0 Å². The molecule has 1 fully saturated rings. The highest BCUT2D eigenvalue weighted by Crippen LogP contribution is 2.33. The van der Waals surface area contributed by atoms with E-state index in [0.717, 1.165) is 18.8 Å². The van der Waals surface area contributed by atoms with E-state index in [0.29, 0.717) is 12.8 Å². The topological polar surface area (TPSA) is 54.2 Å². The van der Waals surface area contributed by atoms with Crippen LogP contribution in [0.5, 0.6) is 0 Å². The predicted octanol–water partition coefficient (Wildman–Crippen LogP) is 1.30. The molecule has 0 amide bonds. The van der Waals surface area contributed by atoms with Crippen LogP contribution in [0, 0.1) is 0 Å². The first-order valence-corrected chi connectivity index (χ1v) is 6.57. The number of hydrogen-bond acceptors (Lipinski definition) is 4. The van der Waals surface area contributed by atoms with Crippen molar-refractivity contribution in [3.05, 3.63) is 42.2 Å². The van der Waals surface area contributed by atoms with Crippen molar-refractivity contribution in [1.29, 1.82) is 0 Å². The molecule has 5 heteroatoms. The van der Waals surface area contributed by atoms with Crippen LogP contribution in [0.4, 0.5) is 5.69 Å². The molecule has 2 aromatic rings. The summed E-state index contributed by atoms with van der Waals surface area (Å²) in [7, 11) is 1.82. The van der Waals surface area contributed by atoms with Gasteiger partial charge in [0.05, 0.1) is 11.9 Å². The summed E-state index contributed by atoms with van der Waals surface area (Å²) in [6.07, 6.45) is 3.06. The zero-order chi connectivity index (χ0) is 13.3. The second-order valence-corrected chi connectivity index (χ2v) is 5.10. The molecule has 1 saturated heterocycles. The van der Waals surface area contributed by atoms with Gasteiger partial charge in [0.1, 0.15) is 5.60 Å². The van der Waals surface area contributed by atoms with Gasteiger partial charge in [-0.2, -0.15) is 0 Å². The zero-order valence-corrected chi connectivity index (χ0v) is 11.0. The molecule has 0 spiro atoms. The molecular formula is C14H18N4O. The molecule has 5 nitrogen and oxygen atoms in total. The molecule has 0 unspecified atom stereocenters. The Morgan fingerprint density at radius 2 is 1.84 bits per heavy atom. The Kier molecular flexibility index (Phi) is 2.98. The Morgan fingerprint density at radius 3 is 2.42 bits per heavy atom. The zero-order valence-electron chi connectivity index (χ0n) is 11.0. The van der Waals surface area contributed by atoms with Crippen molar-refractivity contribution in [1.82, 2.24) is 15.0 Å². The van der Waals surface area contributed by atoms with E-state index in [-0.39, 0.29) is 0 Å². The maximum Gasteiger partial charge on any atom is 0.111 e. The Bertz CT molecular complexity index is 544. The highest BCUT2D eigenvalue weighted by molar-refractivity contribution is 5.46. The maximum absolute atomic E-state index is 10.7. The molecule has 19 heavy (non-hydrogen) atoms. The second-order valence-electron chi connectivity index (χ2n) is 5.10. The van der Waals surface area contributed by atoms with E-state index >= 15 is 0 Å². The van der Waals surface area contributed by atoms with Gasteiger partial charge in [-0.1, -0.05) is 23.4 Å². The Hall–Kier alpha value is -1.88. The van der Waals surface area contributed by atoms with Gasteiger partial charge in [-0.3, -0.25) is 0 Å². The highest BCUT2D eigenvalue weighted by Gasteiger charge is 2.36. The molecular weight excluding hydrogens is 240 g/mol. The Labute approximate surface area is 112 Å². The fourth-order valence-corrected chi connectivity index (χ4v) is 2.74. The van der Waals surface area contributed by atoms with Crippen molar-refractivity contribution in [3.63, 3.8) is 0 Å². The molecule has 0 atom stereocenters.